The van der Waals surface area contributed by atoms with Crippen molar-refractivity contribution in [1.82, 2.24) is 4.57 Å². The van der Waals surface area contributed by atoms with Crippen LogP contribution >= 0.6 is 0 Å². The molecule has 3 rings (SSSR count). The smallest absolute Gasteiger partial charge is 0.265 e. The van der Waals surface area contributed by atoms with Crippen LogP contribution in [0.1, 0.15) is 10.4 Å². The highest BCUT2D eigenvalue weighted by Crippen LogP contribution is 2.24. The molecular formula is C12H7NO2. The minimum Gasteiger partial charge on any atom is -0.268 e. The number of rotatable bonds is 0. The molecule has 0 spiro atoms. The molecule has 0 aliphatic carbocycles. The number of hydrogen-bond donors (Lipinski definition) is 0. The largest absolute Gasteiger partial charge is 0.268 e. The minimum atomic E-state index is -0.247. The molecular weight excluding hydrogens is 190 g/mol. The predicted molar refractivity (Wildman–Crippen MR) is 55.9 cm³/mol. The van der Waals surface area contributed by atoms with Crippen molar-refractivity contribution in [1.29, 1.82) is 0 Å². The third-order valence-electron chi connectivity index (χ3n) is 2.61. The van der Waals surface area contributed by atoms with Crippen molar-refractivity contribution in [2.45, 2.75) is 0 Å². The average Bonchev–Trinajstić information content (AvgIpc) is 2.26. The van der Waals surface area contributed by atoms with Crippen molar-refractivity contribution in [3.8, 4) is 11.1 Å². The molecule has 0 radical (unpaired) electrons. The molecule has 2 bridgehead atoms. The first kappa shape index (κ1) is 8.17. The molecule has 0 atom stereocenters. The van der Waals surface area contributed by atoms with Gasteiger partial charge in [0.25, 0.3) is 11.5 Å². The van der Waals surface area contributed by atoms with Crippen LogP contribution in [0.2, 0.25) is 0 Å². The van der Waals surface area contributed by atoms with Gasteiger partial charge in [0.05, 0.1) is 0 Å². The Labute approximate surface area is 85.6 Å². The van der Waals surface area contributed by atoms with Gasteiger partial charge in [-0.3, -0.25) is 9.59 Å². The van der Waals surface area contributed by atoms with E-state index >= 15 is 0 Å². The van der Waals surface area contributed by atoms with Crippen LogP contribution in [0.25, 0.3) is 11.1 Å². The van der Waals surface area contributed by atoms with Crippen LogP contribution in [0.5, 0.6) is 0 Å². The fourth-order valence-electron chi connectivity index (χ4n) is 1.89. The molecule has 0 fully saturated rings. The lowest BCUT2D eigenvalue weighted by Crippen LogP contribution is -2.32. The number of nitrogens with zero attached hydrogens (tertiary/aromatic N) is 1. The van der Waals surface area contributed by atoms with Crippen LogP contribution in [-0.4, -0.2) is 10.5 Å². The Hall–Kier alpha value is -2.16. The highest BCUT2D eigenvalue weighted by atomic mass is 16.2. The lowest BCUT2D eigenvalue weighted by atomic mass is 9.97. The van der Waals surface area contributed by atoms with Gasteiger partial charge in [-0.15, -0.1) is 0 Å². The Morgan fingerprint density at radius 2 is 1.47 bits per heavy atom. The molecule has 1 aliphatic rings. The van der Waals surface area contributed by atoms with Crippen LogP contribution in [0.3, 0.4) is 0 Å². The van der Waals surface area contributed by atoms with E-state index in [0.717, 1.165) is 10.1 Å². The van der Waals surface area contributed by atoms with Crippen molar-refractivity contribution < 1.29 is 4.79 Å². The van der Waals surface area contributed by atoms with Crippen LogP contribution < -0.4 is 5.56 Å². The number of carbonyl (C=O) groups excluding carboxylic acids is 1. The summed E-state index contributed by atoms with van der Waals surface area (Å²) in [6.45, 7) is 0. The molecule has 0 saturated heterocycles. The Bertz CT molecular complexity index is 626. The van der Waals surface area contributed by atoms with Crippen molar-refractivity contribution in [2.24, 2.45) is 0 Å². The van der Waals surface area contributed by atoms with Crippen LogP contribution in [0, 0.1) is 0 Å². The van der Waals surface area contributed by atoms with Crippen molar-refractivity contribution in [3.63, 3.8) is 0 Å². The summed E-state index contributed by atoms with van der Waals surface area (Å²) in [6, 6.07) is 10.6. The number of pyridine rings is 1. The monoisotopic (exact) mass is 197 g/mol. The van der Waals surface area contributed by atoms with Crippen molar-refractivity contribution in [3.05, 3.63) is 58.5 Å². The van der Waals surface area contributed by atoms with Gasteiger partial charge < -0.3 is 0 Å². The first-order valence-electron chi connectivity index (χ1n) is 4.65. The van der Waals surface area contributed by atoms with Gasteiger partial charge in [-0.1, -0.05) is 18.2 Å². The lowest BCUT2D eigenvalue weighted by molar-refractivity contribution is 0.0954. The van der Waals surface area contributed by atoms with Crippen LogP contribution in [0.15, 0.2) is 47.4 Å². The third kappa shape index (κ3) is 0.944. The second kappa shape index (κ2) is 2.67. The maximum Gasteiger partial charge on any atom is 0.265 e. The summed E-state index contributed by atoms with van der Waals surface area (Å²) < 4.78 is 1.15. The van der Waals surface area contributed by atoms with E-state index in [1.165, 1.54) is 6.20 Å². The van der Waals surface area contributed by atoms with Crippen LogP contribution in [0.4, 0.5) is 0 Å². The first-order valence-corrected chi connectivity index (χ1v) is 4.65. The zero-order chi connectivity index (χ0) is 10.4. The molecule has 3 heteroatoms. The number of hydrogen-bond acceptors (Lipinski definition) is 2. The Morgan fingerprint density at radius 3 is 2.27 bits per heavy atom. The molecule has 0 N–H and O–H groups in total. The van der Waals surface area contributed by atoms with E-state index in [1.807, 2.05) is 6.07 Å². The molecule has 72 valence electrons. The fraction of sp³-hybridized carbons (Fsp3) is 0. The van der Waals surface area contributed by atoms with Gasteiger partial charge in [-0.25, -0.2) is 4.57 Å². The van der Waals surface area contributed by atoms with E-state index in [2.05, 4.69) is 0 Å². The summed E-state index contributed by atoms with van der Waals surface area (Å²) >= 11 is 0. The molecule has 0 saturated carbocycles. The summed E-state index contributed by atoms with van der Waals surface area (Å²) in [4.78, 5) is 23.6. The van der Waals surface area contributed by atoms with Gasteiger partial charge in [0, 0.05) is 17.3 Å². The third-order valence-corrected chi connectivity index (χ3v) is 2.61. The quantitative estimate of drug-likeness (QED) is 0.548. The average molecular weight is 197 g/mol. The Morgan fingerprint density at radius 1 is 0.800 bits per heavy atom. The van der Waals surface area contributed by atoms with Gasteiger partial charge in [0.2, 0.25) is 0 Å². The highest BCUT2D eigenvalue weighted by molar-refractivity contribution is 6.04. The molecule has 1 aromatic heterocycles. The Kier molecular flexibility index (Phi) is 1.45. The number of carbonyl (C=O) groups is 1. The van der Waals surface area contributed by atoms with E-state index in [1.54, 1.807) is 30.3 Å². The molecule has 2 aromatic rings. The SMILES string of the molecule is O=C1c2ccccc2-c2cccn1c2=O. The van der Waals surface area contributed by atoms with Gasteiger partial charge in [-0.05, 0) is 23.8 Å². The van der Waals surface area contributed by atoms with E-state index < -0.39 is 0 Å². The normalized spacial score (nSPS) is 12.4. The highest BCUT2D eigenvalue weighted by Gasteiger charge is 2.22. The minimum absolute atomic E-state index is 0.235. The molecule has 2 heterocycles. The summed E-state index contributed by atoms with van der Waals surface area (Å²) in [5.74, 6) is -0.247. The van der Waals surface area contributed by atoms with Gasteiger partial charge in [0.15, 0.2) is 0 Å². The summed E-state index contributed by atoms with van der Waals surface area (Å²) in [7, 11) is 0. The van der Waals surface area contributed by atoms with Gasteiger partial charge in [0.1, 0.15) is 0 Å². The molecule has 1 aromatic carbocycles. The second-order valence-corrected chi connectivity index (χ2v) is 3.45. The number of fused-ring (bicyclic) bond motifs is 4. The van der Waals surface area contributed by atoms with Gasteiger partial charge >= 0.3 is 0 Å². The summed E-state index contributed by atoms with van der Waals surface area (Å²) in [5, 5.41) is 0. The van der Waals surface area contributed by atoms with Crippen molar-refractivity contribution >= 4 is 5.91 Å². The van der Waals surface area contributed by atoms with Gasteiger partial charge in [-0.2, -0.15) is 0 Å². The predicted octanol–water partition coefficient (Wildman–Crippen LogP) is 1.52. The van der Waals surface area contributed by atoms with Crippen LogP contribution in [-0.2, 0) is 0 Å². The van der Waals surface area contributed by atoms with E-state index in [9.17, 15) is 9.59 Å². The number of benzene rings is 1. The molecule has 1 aliphatic heterocycles. The molecule has 3 nitrogen and oxygen atoms in total. The van der Waals surface area contributed by atoms with E-state index in [-0.39, 0.29) is 11.5 Å². The standard InChI is InChI=1S/C12H7NO2/c14-11-9-5-2-1-4-8(9)10-6-3-7-13(11)12(10)15/h1-7H. The second-order valence-electron chi connectivity index (χ2n) is 3.45. The topological polar surface area (TPSA) is 39.1 Å². The summed E-state index contributed by atoms with van der Waals surface area (Å²) in [6.07, 6.45) is 1.50. The summed E-state index contributed by atoms with van der Waals surface area (Å²) in [5.41, 5.74) is 1.68. The number of aromatic nitrogens is 1. The zero-order valence-corrected chi connectivity index (χ0v) is 7.81. The molecule has 0 unspecified atom stereocenters. The first-order chi connectivity index (χ1) is 7.29. The van der Waals surface area contributed by atoms with E-state index in [4.69, 9.17) is 0 Å². The maximum absolute atomic E-state index is 11.9. The molecule has 15 heavy (non-hydrogen) atoms. The van der Waals surface area contributed by atoms with E-state index in [0.29, 0.717) is 11.1 Å². The Balaban J connectivity index is 2.53. The fourth-order valence-corrected chi connectivity index (χ4v) is 1.89. The molecule has 0 amide bonds. The van der Waals surface area contributed by atoms with Crippen molar-refractivity contribution in [2.75, 3.05) is 0 Å². The zero-order valence-electron chi connectivity index (χ0n) is 7.81. The lowest BCUT2D eigenvalue weighted by Gasteiger charge is -2.15. The maximum atomic E-state index is 11.9.